The minimum atomic E-state index is -3.05. The second-order valence-electron chi connectivity index (χ2n) is 2.62. The molecule has 0 spiro atoms. The van der Waals surface area contributed by atoms with E-state index in [4.69, 9.17) is 0 Å². The molecule has 0 heterocycles. The molecule has 0 aliphatic heterocycles. The Bertz CT molecular complexity index is 187. The molecular formula is C6H10F2O4Si. The number of hydrogen-bond donors (Lipinski definition) is 0. The first kappa shape index (κ1) is 12.0. The number of carbonyl (C=O) groups is 2. The first-order chi connectivity index (χ1) is 5.91. The SMILES string of the molecule is C[Si](C)(OC(=O)CF)OC(=O)CF. The van der Waals surface area contributed by atoms with Crippen molar-refractivity contribution >= 4 is 20.5 Å². The van der Waals surface area contributed by atoms with E-state index in [9.17, 15) is 18.4 Å². The number of carbonyl (C=O) groups excluding carboxylic acids is 2. The van der Waals surface area contributed by atoms with Crippen LogP contribution in [0.3, 0.4) is 0 Å². The van der Waals surface area contributed by atoms with Gasteiger partial charge in [0.15, 0.2) is 13.3 Å². The van der Waals surface area contributed by atoms with Gasteiger partial charge in [-0.1, -0.05) is 0 Å². The lowest BCUT2D eigenvalue weighted by atomic mass is 10.8. The molecule has 0 unspecified atom stereocenters. The minimum Gasteiger partial charge on any atom is -0.483 e. The van der Waals surface area contributed by atoms with Gasteiger partial charge in [-0.25, -0.2) is 8.78 Å². The average molecular weight is 212 g/mol. The zero-order valence-electron chi connectivity index (χ0n) is 7.30. The summed E-state index contributed by atoms with van der Waals surface area (Å²) in [6.07, 6.45) is 0. The molecule has 13 heavy (non-hydrogen) atoms. The van der Waals surface area contributed by atoms with E-state index in [-0.39, 0.29) is 0 Å². The Balaban J connectivity index is 4.07. The Morgan fingerprint density at radius 3 is 1.62 bits per heavy atom. The van der Waals surface area contributed by atoms with E-state index in [1.165, 1.54) is 13.1 Å². The highest BCUT2D eigenvalue weighted by Crippen LogP contribution is 2.07. The predicted octanol–water partition coefficient (Wildman–Crippen LogP) is 0.714. The molecule has 0 N–H and O–H groups in total. The van der Waals surface area contributed by atoms with Crippen molar-refractivity contribution in [2.24, 2.45) is 0 Å². The third kappa shape index (κ3) is 5.29. The quantitative estimate of drug-likeness (QED) is 0.644. The minimum absolute atomic E-state index is 1.11. The van der Waals surface area contributed by atoms with Crippen molar-refractivity contribution in [3.8, 4) is 0 Å². The van der Waals surface area contributed by atoms with E-state index >= 15 is 0 Å². The Labute approximate surface area is 75.1 Å². The third-order valence-corrected chi connectivity index (χ3v) is 2.38. The van der Waals surface area contributed by atoms with Crippen molar-refractivity contribution in [2.45, 2.75) is 13.1 Å². The van der Waals surface area contributed by atoms with Gasteiger partial charge < -0.3 is 8.85 Å². The highest BCUT2D eigenvalue weighted by atomic mass is 28.4. The van der Waals surface area contributed by atoms with E-state index in [0.29, 0.717) is 0 Å². The standard InChI is InChI=1S/C6H10F2O4Si/c1-13(2,11-5(9)3-7)12-6(10)4-8/h3-4H2,1-2H3. The normalized spacial score (nSPS) is 10.8. The summed E-state index contributed by atoms with van der Waals surface area (Å²) in [5.74, 6) is -2.22. The summed E-state index contributed by atoms with van der Waals surface area (Å²) in [6.45, 7) is 0.107. The molecule has 4 nitrogen and oxygen atoms in total. The maximum absolute atomic E-state index is 11.7. The highest BCUT2D eigenvalue weighted by molar-refractivity contribution is 6.67. The maximum atomic E-state index is 11.7. The molecule has 7 heteroatoms. The van der Waals surface area contributed by atoms with Crippen LogP contribution in [-0.4, -0.2) is 33.8 Å². The van der Waals surface area contributed by atoms with Crippen LogP contribution in [0, 0.1) is 0 Å². The van der Waals surface area contributed by atoms with Crippen LogP contribution in [0.1, 0.15) is 0 Å². The first-order valence-corrected chi connectivity index (χ1v) is 6.28. The average Bonchev–Trinajstić information content (AvgIpc) is 2.02. The van der Waals surface area contributed by atoms with Gasteiger partial charge in [0.2, 0.25) is 0 Å². The van der Waals surface area contributed by atoms with Crippen LogP contribution in [0.2, 0.25) is 13.1 Å². The molecule has 0 amide bonds. The summed E-state index contributed by atoms with van der Waals surface area (Å²) >= 11 is 0. The molecule has 0 radical (unpaired) electrons. The number of hydrogen-bond acceptors (Lipinski definition) is 4. The summed E-state index contributed by atoms with van der Waals surface area (Å²) in [5, 5.41) is 0. The van der Waals surface area contributed by atoms with Crippen LogP contribution in [0.15, 0.2) is 0 Å². The molecule has 0 saturated carbocycles. The van der Waals surface area contributed by atoms with Gasteiger partial charge in [0, 0.05) is 13.1 Å². The molecule has 0 aliphatic carbocycles. The van der Waals surface area contributed by atoms with Crippen LogP contribution in [-0.2, 0) is 18.4 Å². The van der Waals surface area contributed by atoms with E-state index < -0.39 is 33.8 Å². The van der Waals surface area contributed by atoms with Crippen molar-refractivity contribution in [3.63, 3.8) is 0 Å². The Kier molecular flexibility index (Phi) is 4.53. The monoisotopic (exact) mass is 212 g/mol. The number of rotatable bonds is 4. The molecule has 0 rings (SSSR count). The zero-order chi connectivity index (χ0) is 10.5. The van der Waals surface area contributed by atoms with Crippen LogP contribution in [0.4, 0.5) is 8.78 Å². The highest BCUT2D eigenvalue weighted by Gasteiger charge is 2.33. The molecule has 0 aliphatic rings. The third-order valence-electron chi connectivity index (χ3n) is 0.937. The number of halogens is 2. The molecule has 76 valence electrons. The van der Waals surface area contributed by atoms with Gasteiger partial charge in [0.1, 0.15) is 0 Å². The van der Waals surface area contributed by atoms with Gasteiger partial charge >= 0.3 is 20.5 Å². The van der Waals surface area contributed by atoms with E-state index in [1.807, 2.05) is 0 Å². The first-order valence-electron chi connectivity index (χ1n) is 3.47. The van der Waals surface area contributed by atoms with Crippen molar-refractivity contribution in [2.75, 3.05) is 13.3 Å². The van der Waals surface area contributed by atoms with Crippen molar-refractivity contribution in [1.82, 2.24) is 0 Å². The molecule has 0 fully saturated rings. The van der Waals surface area contributed by atoms with Gasteiger partial charge in [0.25, 0.3) is 0 Å². The topological polar surface area (TPSA) is 52.6 Å². The van der Waals surface area contributed by atoms with Gasteiger partial charge in [-0.2, -0.15) is 0 Å². The van der Waals surface area contributed by atoms with E-state index in [0.717, 1.165) is 0 Å². The smallest absolute Gasteiger partial charge is 0.457 e. The van der Waals surface area contributed by atoms with Gasteiger partial charge in [-0.15, -0.1) is 0 Å². The predicted molar refractivity (Wildman–Crippen MR) is 41.6 cm³/mol. The van der Waals surface area contributed by atoms with Crippen LogP contribution >= 0.6 is 0 Å². The van der Waals surface area contributed by atoms with E-state index in [2.05, 4.69) is 8.85 Å². The fourth-order valence-electron chi connectivity index (χ4n) is 0.624. The molecular weight excluding hydrogens is 202 g/mol. The van der Waals surface area contributed by atoms with Crippen molar-refractivity contribution < 1.29 is 27.2 Å². The molecule has 0 saturated heterocycles. The Hall–Kier alpha value is -0.983. The van der Waals surface area contributed by atoms with Gasteiger partial charge in [-0.05, 0) is 0 Å². The van der Waals surface area contributed by atoms with Gasteiger partial charge in [0.05, 0.1) is 0 Å². The van der Waals surface area contributed by atoms with Crippen molar-refractivity contribution in [3.05, 3.63) is 0 Å². The Morgan fingerprint density at radius 2 is 1.38 bits per heavy atom. The lowest BCUT2D eigenvalue weighted by Gasteiger charge is -2.20. The largest absolute Gasteiger partial charge is 0.483 e. The van der Waals surface area contributed by atoms with Crippen molar-refractivity contribution in [1.29, 1.82) is 0 Å². The lowest BCUT2D eigenvalue weighted by molar-refractivity contribution is -0.142. The van der Waals surface area contributed by atoms with E-state index in [1.54, 1.807) is 0 Å². The summed E-state index contributed by atoms with van der Waals surface area (Å²) in [4.78, 5) is 20.9. The molecule has 0 atom stereocenters. The Morgan fingerprint density at radius 1 is 1.08 bits per heavy atom. The lowest BCUT2D eigenvalue weighted by Crippen LogP contribution is -2.40. The second-order valence-corrected chi connectivity index (χ2v) is 5.82. The summed E-state index contributed by atoms with van der Waals surface area (Å²) in [5.41, 5.74) is 0. The molecule has 0 aromatic carbocycles. The molecule has 0 bridgehead atoms. The van der Waals surface area contributed by atoms with Gasteiger partial charge in [-0.3, -0.25) is 9.59 Å². The molecule has 0 aromatic heterocycles. The zero-order valence-corrected chi connectivity index (χ0v) is 8.30. The fourth-order valence-corrected chi connectivity index (χ4v) is 1.87. The maximum Gasteiger partial charge on any atom is 0.457 e. The van der Waals surface area contributed by atoms with Crippen LogP contribution < -0.4 is 0 Å². The summed E-state index contributed by atoms with van der Waals surface area (Å²) < 4.78 is 32.3. The summed E-state index contributed by atoms with van der Waals surface area (Å²) in [6, 6.07) is 0. The van der Waals surface area contributed by atoms with Crippen LogP contribution in [0.25, 0.3) is 0 Å². The number of alkyl halides is 2. The molecule has 0 aromatic rings. The second kappa shape index (κ2) is 4.90. The summed E-state index contributed by atoms with van der Waals surface area (Å²) in [7, 11) is -3.05. The van der Waals surface area contributed by atoms with Crippen LogP contribution in [0.5, 0.6) is 0 Å². The fraction of sp³-hybridized carbons (Fsp3) is 0.667.